The van der Waals surface area contributed by atoms with Crippen LogP contribution in [0, 0.1) is 0 Å². The summed E-state index contributed by atoms with van der Waals surface area (Å²) in [5.74, 6) is -0.0137. The van der Waals surface area contributed by atoms with Crippen molar-refractivity contribution in [3.05, 3.63) is 69.5 Å². The Labute approximate surface area is 154 Å². The van der Waals surface area contributed by atoms with Crippen LogP contribution in [0.2, 0.25) is 0 Å². The summed E-state index contributed by atoms with van der Waals surface area (Å²) in [7, 11) is 4.05. The summed E-state index contributed by atoms with van der Waals surface area (Å²) in [6, 6.07) is 18.4. The first-order valence-corrected chi connectivity index (χ1v) is 9.34. The van der Waals surface area contributed by atoms with Gasteiger partial charge in [0.15, 0.2) is 0 Å². The Morgan fingerprint density at radius 3 is 2.54 bits per heavy atom. The van der Waals surface area contributed by atoms with Gasteiger partial charge in [-0.05, 0) is 49.3 Å². The van der Waals surface area contributed by atoms with E-state index in [-0.39, 0.29) is 11.9 Å². The van der Waals surface area contributed by atoms with Crippen molar-refractivity contribution >= 4 is 43.3 Å². The van der Waals surface area contributed by atoms with E-state index in [2.05, 4.69) is 38.3 Å². The summed E-state index contributed by atoms with van der Waals surface area (Å²) in [5, 5.41) is 4.19. The number of hydrogen-bond donors (Lipinski definition) is 1. The zero-order valence-electron chi connectivity index (χ0n) is 13.6. The predicted octanol–water partition coefficient (Wildman–Crippen LogP) is 4.70. The van der Waals surface area contributed by atoms with Gasteiger partial charge in [-0.15, -0.1) is 11.3 Å². The SMILES string of the molecule is CN(C)C(CNC(=O)c1cc2ccccc2s1)c1ccc(Br)cc1. The van der Waals surface area contributed by atoms with Crippen LogP contribution in [0.4, 0.5) is 0 Å². The molecule has 1 atom stereocenters. The Hall–Kier alpha value is -1.69. The molecule has 24 heavy (non-hydrogen) atoms. The van der Waals surface area contributed by atoms with Crippen molar-refractivity contribution in [3.63, 3.8) is 0 Å². The molecule has 3 rings (SSSR count). The van der Waals surface area contributed by atoms with Crippen LogP contribution < -0.4 is 5.32 Å². The summed E-state index contributed by atoms with van der Waals surface area (Å²) in [4.78, 5) is 15.4. The summed E-state index contributed by atoms with van der Waals surface area (Å²) < 4.78 is 2.19. The second kappa shape index (κ2) is 7.47. The molecule has 0 aliphatic carbocycles. The zero-order valence-corrected chi connectivity index (χ0v) is 16.0. The first-order chi connectivity index (χ1) is 11.5. The molecule has 3 nitrogen and oxygen atoms in total. The molecule has 1 N–H and O–H groups in total. The number of amides is 1. The van der Waals surface area contributed by atoms with Crippen molar-refractivity contribution in [1.29, 1.82) is 0 Å². The highest BCUT2D eigenvalue weighted by atomic mass is 79.9. The van der Waals surface area contributed by atoms with Gasteiger partial charge in [-0.25, -0.2) is 0 Å². The molecule has 0 aliphatic rings. The monoisotopic (exact) mass is 402 g/mol. The molecule has 5 heteroatoms. The van der Waals surface area contributed by atoms with Gasteiger partial charge in [0.25, 0.3) is 5.91 Å². The minimum Gasteiger partial charge on any atom is -0.349 e. The molecule has 0 saturated carbocycles. The maximum Gasteiger partial charge on any atom is 0.261 e. The predicted molar refractivity (Wildman–Crippen MR) is 105 cm³/mol. The Morgan fingerprint density at radius 1 is 1.17 bits per heavy atom. The van der Waals surface area contributed by atoms with Gasteiger partial charge in [0.1, 0.15) is 0 Å². The number of hydrogen-bond acceptors (Lipinski definition) is 3. The first-order valence-electron chi connectivity index (χ1n) is 7.73. The second-order valence-corrected chi connectivity index (χ2v) is 7.89. The molecule has 1 heterocycles. The van der Waals surface area contributed by atoms with Crippen molar-refractivity contribution in [1.82, 2.24) is 10.2 Å². The van der Waals surface area contributed by atoms with Crippen LogP contribution in [0.3, 0.4) is 0 Å². The van der Waals surface area contributed by atoms with Crippen LogP contribution >= 0.6 is 27.3 Å². The third kappa shape index (κ3) is 3.86. The largest absolute Gasteiger partial charge is 0.349 e. The fourth-order valence-corrected chi connectivity index (χ4v) is 3.90. The summed E-state index contributed by atoms with van der Waals surface area (Å²) in [6.45, 7) is 0.571. The highest BCUT2D eigenvalue weighted by Gasteiger charge is 2.17. The topological polar surface area (TPSA) is 32.3 Å². The molecule has 0 saturated heterocycles. The fourth-order valence-electron chi connectivity index (χ4n) is 2.65. The number of benzene rings is 2. The first kappa shape index (κ1) is 17.1. The van der Waals surface area contributed by atoms with E-state index in [0.29, 0.717) is 6.54 Å². The number of rotatable bonds is 5. The maximum absolute atomic E-state index is 12.5. The molecule has 1 amide bonds. The molecular weight excluding hydrogens is 384 g/mol. The smallest absolute Gasteiger partial charge is 0.261 e. The standard InChI is InChI=1S/C19H19BrN2OS/c1-22(2)16(13-7-9-15(20)10-8-13)12-21-19(23)18-11-14-5-3-4-6-17(14)24-18/h3-11,16H,12H2,1-2H3,(H,21,23). The van der Waals surface area contributed by atoms with Crippen LogP contribution in [0.5, 0.6) is 0 Å². The Balaban J connectivity index is 1.72. The Kier molecular flexibility index (Phi) is 5.33. The van der Waals surface area contributed by atoms with E-state index < -0.39 is 0 Å². The number of fused-ring (bicyclic) bond motifs is 1. The number of carbonyl (C=O) groups is 1. The quantitative estimate of drug-likeness (QED) is 0.670. The van der Waals surface area contributed by atoms with E-state index in [1.807, 2.05) is 56.6 Å². The van der Waals surface area contributed by atoms with Crippen molar-refractivity contribution < 1.29 is 4.79 Å². The molecule has 0 spiro atoms. The number of nitrogens with one attached hydrogen (secondary N) is 1. The third-order valence-electron chi connectivity index (χ3n) is 3.98. The van der Waals surface area contributed by atoms with Gasteiger partial charge in [-0.3, -0.25) is 4.79 Å². The lowest BCUT2D eigenvalue weighted by molar-refractivity contribution is 0.0946. The summed E-state index contributed by atoms with van der Waals surface area (Å²) in [6.07, 6.45) is 0. The average Bonchev–Trinajstić information content (AvgIpc) is 3.00. The highest BCUT2D eigenvalue weighted by molar-refractivity contribution is 9.10. The van der Waals surface area contributed by atoms with E-state index in [9.17, 15) is 4.79 Å². The van der Waals surface area contributed by atoms with Gasteiger partial charge >= 0.3 is 0 Å². The molecular formula is C19H19BrN2OS. The molecule has 0 fully saturated rings. The van der Waals surface area contributed by atoms with Gasteiger partial charge in [-0.2, -0.15) is 0 Å². The molecule has 1 unspecified atom stereocenters. The maximum atomic E-state index is 12.5. The van der Waals surface area contributed by atoms with Gasteiger partial charge in [0, 0.05) is 15.7 Å². The van der Waals surface area contributed by atoms with Gasteiger partial charge in [0.2, 0.25) is 0 Å². The minimum atomic E-state index is -0.0137. The Morgan fingerprint density at radius 2 is 1.88 bits per heavy atom. The summed E-state index contributed by atoms with van der Waals surface area (Å²) in [5.41, 5.74) is 1.18. The zero-order chi connectivity index (χ0) is 17.1. The van der Waals surface area contributed by atoms with Gasteiger partial charge < -0.3 is 10.2 Å². The molecule has 3 aromatic rings. The van der Waals surface area contributed by atoms with E-state index in [0.717, 1.165) is 19.4 Å². The normalized spacial score (nSPS) is 12.5. The lowest BCUT2D eigenvalue weighted by Crippen LogP contribution is -2.34. The Bertz CT molecular complexity index is 809. The molecule has 0 bridgehead atoms. The van der Waals surface area contributed by atoms with E-state index in [1.165, 1.54) is 16.9 Å². The number of halogens is 1. The van der Waals surface area contributed by atoms with Crippen molar-refractivity contribution in [3.8, 4) is 0 Å². The lowest BCUT2D eigenvalue weighted by Gasteiger charge is -2.25. The molecule has 0 radical (unpaired) electrons. The van der Waals surface area contributed by atoms with Crippen molar-refractivity contribution in [2.24, 2.45) is 0 Å². The number of nitrogens with zero attached hydrogens (tertiary/aromatic N) is 1. The molecule has 0 aliphatic heterocycles. The van der Waals surface area contributed by atoms with Crippen molar-refractivity contribution in [2.75, 3.05) is 20.6 Å². The van der Waals surface area contributed by atoms with Gasteiger partial charge in [0.05, 0.1) is 10.9 Å². The van der Waals surface area contributed by atoms with E-state index in [1.54, 1.807) is 0 Å². The molecule has 124 valence electrons. The van der Waals surface area contributed by atoms with E-state index >= 15 is 0 Å². The molecule has 2 aromatic carbocycles. The van der Waals surface area contributed by atoms with Crippen molar-refractivity contribution in [2.45, 2.75) is 6.04 Å². The van der Waals surface area contributed by atoms with Gasteiger partial charge in [-0.1, -0.05) is 46.3 Å². The minimum absolute atomic E-state index is 0.0137. The van der Waals surface area contributed by atoms with Crippen LogP contribution in [-0.4, -0.2) is 31.4 Å². The molecule has 1 aromatic heterocycles. The second-order valence-electron chi connectivity index (χ2n) is 5.89. The lowest BCUT2D eigenvalue weighted by atomic mass is 10.1. The van der Waals surface area contributed by atoms with Crippen LogP contribution in [0.15, 0.2) is 59.1 Å². The highest BCUT2D eigenvalue weighted by Crippen LogP contribution is 2.25. The van der Waals surface area contributed by atoms with Crippen LogP contribution in [-0.2, 0) is 0 Å². The van der Waals surface area contributed by atoms with Crippen LogP contribution in [0.1, 0.15) is 21.3 Å². The number of thiophene rings is 1. The average molecular weight is 403 g/mol. The number of likely N-dealkylation sites (N-methyl/N-ethyl adjacent to an activating group) is 1. The number of carbonyl (C=O) groups excluding carboxylic acids is 1. The van der Waals surface area contributed by atoms with Crippen LogP contribution in [0.25, 0.3) is 10.1 Å². The third-order valence-corrected chi connectivity index (χ3v) is 5.63. The van der Waals surface area contributed by atoms with E-state index in [4.69, 9.17) is 0 Å². The summed E-state index contributed by atoms with van der Waals surface area (Å²) >= 11 is 4.99. The fraction of sp³-hybridized carbons (Fsp3) is 0.211.